The molecule has 2 aromatic heterocycles. The largest absolute Gasteiger partial charge is 0.396 e. The van der Waals surface area contributed by atoms with E-state index in [1.165, 1.54) is 18.6 Å². The van der Waals surface area contributed by atoms with Crippen molar-refractivity contribution >= 4 is 28.2 Å². The summed E-state index contributed by atoms with van der Waals surface area (Å²) < 4.78 is 32.1. The fourth-order valence-electron chi connectivity index (χ4n) is 5.38. The number of rotatable bonds is 4. The number of benzene rings is 2. The summed E-state index contributed by atoms with van der Waals surface area (Å²) in [7, 11) is 2.10. The number of halogens is 2. The zero-order chi connectivity index (χ0) is 25.5. The number of imidazole rings is 1. The number of anilines is 3. The molecule has 0 unspecified atom stereocenters. The summed E-state index contributed by atoms with van der Waals surface area (Å²) in [5.74, 6) is -0.485. The third-order valence-corrected chi connectivity index (χ3v) is 7.52. The molecule has 0 bridgehead atoms. The second-order valence-corrected chi connectivity index (χ2v) is 9.98. The number of nitrogens with zero attached hydrogens (tertiary/aromatic N) is 6. The van der Waals surface area contributed by atoms with Gasteiger partial charge in [0.25, 0.3) is 0 Å². The molecular weight excluding hydrogens is 472 g/mol. The molecule has 37 heavy (non-hydrogen) atoms. The van der Waals surface area contributed by atoms with Gasteiger partial charge >= 0.3 is 0 Å². The molecule has 4 heterocycles. The van der Waals surface area contributed by atoms with Crippen LogP contribution in [0.25, 0.3) is 28.2 Å². The zero-order valence-corrected chi connectivity index (χ0v) is 21.0. The number of hydrogen-bond acceptors (Lipinski definition) is 6. The van der Waals surface area contributed by atoms with Crippen LogP contribution in [0.1, 0.15) is 19.3 Å². The number of pyridine rings is 1. The lowest BCUT2D eigenvalue weighted by molar-refractivity contribution is 0.313. The van der Waals surface area contributed by atoms with Crippen LogP contribution in [0.4, 0.5) is 25.8 Å². The van der Waals surface area contributed by atoms with Crippen LogP contribution in [-0.2, 0) is 0 Å². The molecule has 4 aromatic rings. The Kier molecular flexibility index (Phi) is 6.16. The Balaban J connectivity index is 1.51. The summed E-state index contributed by atoms with van der Waals surface area (Å²) >= 11 is 0. The molecule has 2 N–H and O–H groups in total. The predicted octanol–water partition coefficient (Wildman–Crippen LogP) is 4.69. The molecule has 0 spiro atoms. The number of nitrogen functional groups attached to an aromatic ring is 1. The van der Waals surface area contributed by atoms with E-state index in [1.807, 2.05) is 12.1 Å². The van der Waals surface area contributed by atoms with E-state index in [0.29, 0.717) is 28.2 Å². The van der Waals surface area contributed by atoms with Crippen molar-refractivity contribution in [3.05, 3.63) is 60.3 Å². The van der Waals surface area contributed by atoms with Crippen LogP contribution < -0.4 is 15.5 Å². The molecule has 0 atom stereocenters. The maximum atomic E-state index is 15.8. The van der Waals surface area contributed by atoms with Crippen molar-refractivity contribution in [2.45, 2.75) is 19.3 Å². The minimum absolute atomic E-state index is 0.0567. The lowest BCUT2D eigenvalue weighted by Crippen LogP contribution is -2.44. The smallest absolute Gasteiger partial charge is 0.167 e. The van der Waals surface area contributed by atoms with Gasteiger partial charge in [-0.2, -0.15) is 0 Å². The fourth-order valence-corrected chi connectivity index (χ4v) is 5.38. The lowest BCUT2D eigenvalue weighted by Gasteiger charge is -2.34. The highest BCUT2D eigenvalue weighted by Crippen LogP contribution is 2.35. The average molecular weight is 504 g/mol. The average Bonchev–Trinajstić information content (AvgIpc) is 3.30. The molecule has 0 aliphatic carbocycles. The summed E-state index contributed by atoms with van der Waals surface area (Å²) in [4.78, 5) is 16.3. The van der Waals surface area contributed by atoms with Gasteiger partial charge in [0.15, 0.2) is 5.65 Å². The van der Waals surface area contributed by atoms with Gasteiger partial charge in [-0.25, -0.2) is 18.7 Å². The van der Waals surface area contributed by atoms with Crippen molar-refractivity contribution in [3.63, 3.8) is 0 Å². The number of piperidine rings is 1. The predicted molar refractivity (Wildman–Crippen MR) is 144 cm³/mol. The van der Waals surface area contributed by atoms with Gasteiger partial charge in [0, 0.05) is 56.7 Å². The Morgan fingerprint density at radius 3 is 2.30 bits per heavy atom. The first kappa shape index (κ1) is 23.7. The first-order valence-corrected chi connectivity index (χ1v) is 12.9. The molecule has 192 valence electrons. The van der Waals surface area contributed by atoms with Crippen molar-refractivity contribution in [3.8, 4) is 17.1 Å². The standard InChI is InChI=1S/C28H31F2N7/c1-34-13-15-35(16-14-34)20-6-8-24(22(30)18-20)37-27(19-5-7-23(31)21(29)17-19)33-26-25(9-10-32-28(26)37)36-11-3-2-4-12-36/h5-10,17-18H,2-4,11-16,31H2,1H3. The topological polar surface area (TPSA) is 66.5 Å². The first-order chi connectivity index (χ1) is 18.0. The Labute approximate surface area is 215 Å². The van der Waals surface area contributed by atoms with Crippen molar-refractivity contribution in [2.24, 2.45) is 0 Å². The van der Waals surface area contributed by atoms with Crippen molar-refractivity contribution in [1.29, 1.82) is 0 Å². The Hall–Kier alpha value is -3.72. The summed E-state index contributed by atoms with van der Waals surface area (Å²) in [5, 5.41) is 0. The summed E-state index contributed by atoms with van der Waals surface area (Å²) in [5.41, 5.74) is 9.68. The van der Waals surface area contributed by atoms with Gasteiger partial charge < -0.3 is 20.4 Å². The van der Waals surface area contributed by atoms with E-state index in [9.17, 15) is 4.39 Å². The van der Waals surface area contributed by atoms with Crippen LogP contribution >= 0.6 is 0 Å². The molecular formula is C28H31F2N7. The molecule has 9 heteroatoms. The van der Waals surface area contributed by atoms with Gasteiger partial charge in [0.1, 0.15) is 23.0 Å². The van der Waals surface area contributed by atoms with Crippen LogP contribution in [0.15, 0.2) is 48.7 Å². The lowest BCUT2D eigenvalue weighted by atomic mass is 10.1. The highest BCUT2D eigenvalue weighted by Gasteiger charge is 2.24. The van der Waals surface area contributed by atoms with Crippen molar-refractivity contribution in [1.82, 2.24) is 19.4 Å². The number of likely N-dealkylation sites (N-methyl/N-ethyl adjacent to an activating group) is 1. The normalized spacial score (nSPS) is 17.1. The number of nitrogens with two attached hydrogens (primary N) is 1. The minimum Gasteiger partial charge on any atom is -0.396 e. The van der Waals surface area contributed by atoms with E-state index in [2.05, 4.69) is 26.7 Å². The van der Waals surface area contributed by atoms with Gasteiger partial charge in [-0.1, -0.05) is 0 Å². The Bertz CT molecular complexity index is 1440. The van der Waals surface area contributed by atoms with E-state index in [0.717, 1.165) is 63.5 Å². The van der Waals surface area contributed by atoms with Crippen molar-refractivity contribution in [2.75, 3.05) is 61.8 Å². The van der Waals surface area contributed by atoms with Gasteiger partial charge in [-0.3, -0.25) is 4.57 Å². The molecule has 6 rings (SSSR count). The number of hydrogen-bond donors (Lipinski definition) is 1. The summed E-state index contributed by atoms with van der Waals surface area (Å²) in [6, 6.07) is 11.8. The maximum Gasteiger partial charge on any atom is 0.167 e. The Morgan fingerprint density at radius 1 is 0.784 bits per heavy atom. The van der Waals surface area contributed by atoms with Crippen LogP contribution in [0.5, 0.6) is 0 Å². The summed E-state index contributed by atoms with van der Waals surface area (Å²) in [6.45, 7) is 5.44. The molecule has 2 fully saturated rings. The molecule has 2 aliphatic rings. The molecule has 2 saturated heterocycles. The molecule has 2 aromatic carbocycles. The van der Waals surface area contributed by atoms with Gasteiger partial charge in [-0.05, 0) is 68.8 Å². The van der Waals surface area contributed by atoms with Gasteiger partial charge in [0.2, 0.25) is 0 Å². The van der Waals surface area contributed by atoms with Crippen molar-refractivity contribution < 1.29 is 8.78 Å². The maximum absolute atomic E-state index is 15.8. The summed E-state index contributed by atoms with van der Waals surface area (Å²) in [6.07, 6.45) is 5.18. The van der Waals surface area contributed by atoms with Crippen LogP contribution in [0.2, 0.25) is 0 Å². The van der Waals surface area contributed by atoms with Crippen LogP contribution in [0.3, 0.4) is 0 Å². The molecule has 7 nitrogen and oxygen atoms in total. The monoisotopic (exact) mass is 503 g/mol. The third-order valence-electron chi connectivity index (χ3n) is 7.52. The van der Waals surface area contributed by atoms with Crippen LogP contribution in [0, 0.1) is 11.6 Å². The second kappa shape index (κ2) is 9.63. The number of aromatic nitrogens is 3. The zero-order valence-electron chi connectivity index (χ0n) is 21.0. The van der Waals surface area contributed by atoms with Gasteiger partial charge in [0.05, 0.1) is 17.1 Å². The molecule has 0 amide bonds. The van der Waals surface area contributed by atoms with E-state index in [4.69, 9.17) is 10.7 Å². The first-order valence-electron chi connectivity index (χ1n) is 12.9. The van der Waals surface area contributed by atoms with E-state index in [-0.39, 0.29) is 11.5 Å². The second-order valence-electron chi connectivity index (χ2n) is 9.98. The highest BCUT2D eigenvalue weighted by molar-refractivity contribution is 5.90. The molecule has 0 radical (unpaired) electrons. The minimum atomic E-state index is -0.536. The van der Waals surface area contributed by atoms with Crippen LogP contribution in [-0.4, -0.2) is 65.8 Å². The number of piperazine rings is 1. The number of fused-ring (bicyclic) bond motifs is 1. The highest BCUT2D eigenvalue weighted by atomic mass is 19.1. The SMILES string of the molecule is CN1CCN(c2ccc(-n3c(-c4ccc(N)c(F)c4)nc4c(N5CCCCC5)ccnc43)c(F)c2)CC1. The quantitative estimate of drug-likeness (QED) is 0.408. The fraction of sp³-hybridized carbons (Fsp3) is 0.357. The Morgan fingerprint density at radius 2 is 1.57 bits per heavy atom. The van der Waals surface area contributed by atoms with Gasteiger partial charge in [-0.15, -0.1) is 0 Å². The van der Waals surface area contributed by atoms with E-state index >= 15 is 4.39 Å². The third kappa shape index (κ3) is 4.37. The molecule has 2 aliphatic heterocycles. The van der Waals surface area contributed by atoms with E-state index in [1.54, 1.807) is 29.0 Å². The van der Waals surface area contributed by atoms with E-state index < -0.39 is 5.82 Å². The molecule has 0 saturated carbocycles.